The number of carbonyl (C=O) groups is 2. The molecule has 0 radical (unpaired) electrons. The van der Waals surface area contributed by atoms with Crippen molar-refractivity contribution >= 4 is 18.0 Å². The molecule has 1 aliphatic rings. The standard InChI is InChI=1S/C17H24N4O4/c1-5-18-12(14(22)20(7-3)16(18)24)10-9-11-13-15(23)21(8-4)17(25)19(13)6-2/h9-11,22H,5-8H2,1-4H3/b10-9+,13-11+. The van der Waals surface area contributed by atoms with E-state index in [1.165, 1.54) is 25.0 Å². The van der Waals surface area contributed by atoms with Crippen LogP contribution in [0.4, 0.5) is 4.79 Å². The number of likely N-dealkylation sites (N-methyl/N-ethyl adjacent to an activating group) is 2. The number of rotatable bonds is 6. The number of hydrogen-bond acceptors (Lipinski definition) is 4. The molecule has 0 saturated carbocycles. The first-order valence-electron chi connectivity index (χ1n) is 8.46. The molecule has 0 bridgehead atoms. The molecule has 1 saturated heterocycles. The Kier molecular flexibility index (Phi) is 5.51. The molecule has 1 N–H and O–H groups in total. The van der Waals surface area contributed by atoms with Gasteiger partial charge >= 0.3 is 11.7 Å². The molecule has 8 heteroatoms. The first-order valence-corrected chi connectivity index (χ1v) is 8.46. The molecule has 1 aromatic rings. The van der Waals surface area contributed by atoms with Gasteiger partial charge in [-0.1, -0.05) is 6.08 Å². The van der Waals surface area contributed by atoms with Crippen molar-refractivity contribution in [2.45, 2.75) is 40.8 Å². The summed E-state index contributed by atoms with van der Waals surface area (Å²) in [4.78, 5) is 39.2. The molecule has 1 aromatic heterocycles. The van der Waals surface area contributed by atoms with E-state index >= 15 is 0 Å². The Bertz CT molecular complexity index is 800. The molecule has 0 atom stereocenters. The summed E-state index contributed by atoms with van der Waals surface area (Å²) in [5.41, 5.74) is 0.373. The van der Waals surface area contributed by atoms with Crippen LogP contribution in [0.2, 0.25) is 0 Å². The van der Waals surface area contributed by atoms with Crippen LogP contribution in [0.25, 0.3) is 6.08 Å². The number of aromatic hydroxyl groups is 1. The molecular formula is C17H24N4O4. The fourth-order valence-corrected chi connectivity index (χ4v) is 2.92. The van der Waals surface area contributed by atoms with Gasteiger partial charge in [0.25, 0.3) is 5.91 Å². The minimum atomic E-state index is -0.345. The molecular weight excluding hydrogens is 324 g/mol. The van der Waals surface area contributed by atoms with Gasteiger partial charge in [0.1, 0.15) is 11.4 Å². The fourth-order valence-electron chi connectivity index (χ4n) is 2.92. The third-order valence-corrected chi connectivity index (χ3v) is 4.23. The van der Waals surface area contributed by atoms with Crippen molar-refractivity contribution in [2.75, 3.05) is 13.1 Å². The molecule has 8 nitrogen and oxygen atoms in total. The molecule has 25 heavy (non-hydrogen) atoms. The van der Waals surface area contributed by atoms with E-state index in [2.05, 4.69) is 0 Å². The summed E-state index contributed by atoms with van der Waals surface area (Å²) in [6, 6.07) is -0.333. The van der Waals surface area contributed by atoms with Crippen LogP contribution in [0, 0.1) is 0 Å². The van der Waals surface area contributed by atoms with Crippen molar-refractivity contribution in [1.82, 2.24) is 18.9 Å². The number of urea groups is 1. The Labute approximate surface area is 146 Å². The third-order valence-electron chi connectivity index (χ3n) is 4.23. The van der Waals surface area contributed by atoms with E-state index in [1.807, 2.05) is 6.92 Å². The van der Waals surface area contributed by atoms with Crippen molar-refractivity contribution in [3.8, 4) is 5.88 Å². The molecule has 1 fully saturated rings. The van der Waals surface area contributed by atoms with E-state index in [1.54, 1.807) is 32.9 Å². The average Bonchev–Trinajstić information content (AvgIpc) is 2.97. The third kappa shape index (κ3) is 2.99. The first kappa shape index (κ1) is 18.6. The van der Waals surface area contributed by atoms with Crippen LogP contribution in [0.5, 0.6) is 5.88 Å². The summed E-state index contributed by atoms with van der Waals surface area (Å²) in [6.07, 6.45) is 4.68. The summed E-state index contributed by atoms with van der Waals surface area (Å²) in [7, 11) is 0. The Hall–Kier alpha value is -2.77. The van der Waals surface area contributed by atoms with Crippen molar-refractivity contribution < 1.29 is 14.7 Å². The Morgan fingerprint density at radius 1 is 0.880 bits per heavy atom. The molecule has 2 heterocycles. The fraction of sp³-hybridized carbons (Fsp3) is 0.471. The molecule has 0 spiro atoms. The second-order valence-electron chi connectivity index (χ2n) is 5.47. The highest BCUT2D eigenvalue weighted by Crippen LogP contribution is 2.22. The van der Waals surface area contributed by atoms with Crippen molar-refractivity contribution in [3.05, 3.63) is 34.0 Å². The highest BCUT2D eigenvalue weighted by atomic mass is 16.3. The Morgan fingerprint density at radius 2 is 1.48 bits per heavy atom. The number of carbonyl (C=O) groups excluding carboxylic acids is 2. The number of allylic oxidation sites excluding steroid dienone is 2. The number of hydrogen-bond donors (Lipinski definition) is 1. The van der Waals surface area contributed by atoms with Gasteiger partial charge in [0.05, 0.1) is 0 Å². The first-order chi connectivity index (χ1) is 11.9. The average molecular weight is 348 g/mol. The van der Waals surface area contributed by atoms with E-state index in [-0.39, 0.29) is 29.2 Å². The lowest BCUT2D eigenvalue weighted by Gasteiger charge is -2.13. The zero-order chi connectivity index (χ0) is 18.7. The maximum Gasteiger partial charge on any atom is 0.331 e. The van der Waals surface area contributed by atoms with Gasteiger partial charge in [-0.05, 0) is 39.8 Å². The Balaban J connectivity index is 2.40. The van der Waals surface area contributed by atoms with Crippen LogP contribution in [-0.4, -0.2) is 49.1 Å². The lowest BCUT2D eigenvalue weighted by atomic mass is 10.3. The van der Waals surface area contributed by atoms with Gasteiger partial charge in [-0.2, -0.15) is 0 Å². The maximum atomic E-state index is 12.3. The monoisotopic (exact) mass is 348 g/mol. The van der Waals surface area contributed by atoms with E-state index in [0.29, 0.717) is 31.9 Å². The van der Waals surface area contributed by atoms with E-state index in [9.17, 15) is 19.5 Å². The predicted octanol–water partition coefficient (Wildman–Crippen LogP) is 1.60. The van der Waals surface area contributed by atoms with Crippen LogP contribution in [0.3, 0.4) is 0 Å². The van der Waals surface area contributed by atoms with Gasteiger partial charge in [0.2, 0.25) is 5.88 Å². The van der Waals surface area contributed by atoms with Crippen LogP contribution >= 0.6 is 0 Å². The summed E-state index contributed by atoms with van der Waals surface area (Å²) < 4.78 is 2.73. The van der Waals surface area contributed by atoms with Gasteiger partial charge in [-0.15, -0.1) is 0 Å². The highest BCUT2D eigenvalue weighted by molar-refractivity contribution is 6.11. The van der Waals surface area contributed by atoms with Crippen molar-refractivity contribution in [2.24, 2.45) is 0 Å². The van der Waals surface area contributed by atoms with Crippen LogP contribution in [-0.2, 0) is 17.9 Å². The number of imide groups is 1. The molecule has 3 amide bonds. The van der Waals surface area contributed by atoms with Crippen molar-refractivity contribution in [1.29, 1.82) is 0 Å². The number of imidazole rings is 1. The Morgan fingerprint density at radius 3 is 2.00 bits per heavy atom. The van der Waals surface area contributed by atoms with Crippen LogP contribution < -0.4 is 5.69 Å². The largest absolute Gasteiger partial charge is 0.493 e. The van der Waals surface area contributed by atoms with Gasteiger partial charge in [0.15, 0.2) is 0 Å². The van der Waals surface area contributed by atoms with Gasteiger partial charge in [-0.25, -0.2) is 9.59 Å². The summed E-state index contributed by atoms with van der Waals surface area (Å²) in [6.45, 7) is 8.60. The zero-order valence-corrected chi connectivity index (χ0v) is 15.0. The van der Waals surface area contributed by atoms with Crippen LogP contribution in [0.15, 0.2) is 22.6 Å². The van der Waals surface area contributed by atoms with E-state index in [0.717, 1.165) is 0 Å². The number of aromatic nitrogens is 2. The van der Waals surface area contributed by atoms with Crippen molar-refractivity contribution in [3.63, 3.8) is 0 Å². The minimum Gasteiger partial charge on any atom is -0.493 e. The lowest BCUT2D eigenvalue weighted by Crippen LogP contribution is -2.32. The number of amides is 3. The molecule has 1 aliphatic heterocycles. The second-order valence-corrected chi connectivity index (χ2v) is 5.47. The summed E-state index contributed by atoms with van der Waals surface area (Å²) >= 11 is 0. The quantitative estimate of drug-likeness (QED) is 0.625. The SMILES string of the molecule is CCN1C(=O)/C(=C\C=C\c2c(O)n(CC)c(=O)n2CC)N(CC)C1=O. The topological polar surface area (TPSA) is 87.8 Å². The number of nitrogens with zero attached hydrogens (tertiary/aromatic N) is 4. The second kappa shape index (κ2) is 7.42. The summed E-state index contributed by atoms with van der Waals surface area (Å²) in [5.74, 6) is -0.456. The van der Waals surface area contributed by atoms with Crippen LogP contribution in [0.1, 0.15) is 33.4 Å². The predicted molar refractivity (Wildman–Crippen MR) is 94.0 cm³/mol. The molecule has 0 aliphatic carbocycles. The molecule has 136 valence electrons. The molecule has 2 rings (SSSR count). The van der Waals surface area contributed by atoms with Gasteiger partial charge < -0.3 is 5.11 Å². The van der Waals surface area contributed by atoms with Gasteiger partial charge in [0, 0.05) is 26.2 Å². The minimum absolute atomic E-state index is 0.111. The van der Waals surface area contributed by atoms with Gasteiger partial charge in [-0.3, -0.25) is 23.7 Å². The normalized spacial score (nSPS) is 16.9. The molecule has 0 aromatic carbocycles. The van der Waals surface area contributed by atoms with E-state index < -0.39 is 0 Å². The smallest absolute Gasteiger partial charge is 0.331 e. The molecule has 0 unspecified atom stereocenters. The zero-order valence-electron chi connectivity index (χ0n) is 15.0. The summed E-state index contributed by atoms with van der Waals surface area (Å²) in [5, 5.41) is 10.2. The lowest BCUT2D eigenvalue weighted by molar-refractivity contribution is -0.122. The highest BCUT2D eigenvalue weighted by Gasteiger charge is 2.38. The maximum absolute atomic E-state index is 12.3. The van der Waals surface area contributed by atoms with E-state index in [4.69, 9.17) is 0 Å².